The quantitative estimate of drug-likeness (QED) is 0.288. The summed E-state index contributed by atoms with van der Waals surface area (Å²) < 4.78 is 0. The van der Waals surface area contributed by atoms with Gasteiger partial charge >= 0.3 is 0 Å². The standard InChI is InChI=1S/C20H33ClN6OS/c1-16-6-3-4-8-26(16)9-5-7-22-19(28)15-29-20-23-17(21)14-18(24-20)27-12-10-25(2)11-13-27/h14,16H,3-13,15H2,1-2H3,(H,22,28). The molecule has 9 heteroatoms. The number of likely N-dealkylation sites (N-methyl/N-ethyl adjacent to an activating group) is 1. The summed E-state index contributed by atoms with van der Waals surface area (Å²) in [7, 11) is 2.12. The third-order valence-electron chi connectivity index (χ3n) is 5.71. The molecule has 162 valence electrons. The van der Waals surface area contributed by atoms with Crippen molar-refractivity contribution in [3.63, 3.8) is 0 Å². The molecule has 7 nitrogen and oxygen atoms in total. The van der Waals surface area contributed by atoms with Crippen LogP contribution in [-0.4, -0.2) is 90.3 Å². The molecule has 0 radical (unpaired) electrons. The van der Waals surface area contributed by atoms with Gasteiger partial charge in [0.25, 0.3) is 0 Å². The van der Waals surface area contributed by atoms with Crippen LogP contribution < -0.4 is 10.2 Å². The number of carbonyl (C=O) groups is 1. The zero-order chi connectivity index (χ0) is 20.6. The smallest absolute Gasteiger partial charge is 0.230 e. The van der Waals surface area contributed by atoms with Crippen molar-refractivity contribution in [3.8, 4) is 0 Å². The lowest BCUT2D eigenvalue weighted by molar-refractivity contribution is -0.118. The summed E-state index contributed by atoms with van der Waals surface area (Å²) in [5, 5.41) is 4.00. The minimum absolute atomic E-state index is 0.0198. The van der Waals surface area contributed by atoms with Crippen LogP contribution in [0, 0.1) is 0 Å². The van der Waals surface area contributed by atoms with E-state index in [0.29, 0.717) is 28.6 Å². The number of halogens is 1. The van der Waals surface area contributed by atoms with Gasteiger partial charge in [0.1, 0.15) is 11.0 Å². The fraction of sp³-hybridized carbons (Fsp3) is 0.750. The Morgan fingerprint density at radius 3 is 2.79 bits per heavy atom. The van der Waals surface area contributed by atoms with E-state index < -0.39 is 0 Å². The highest BCUT2D eigenvalue weighted by Gasteiger charge is 2.18. The molecule has 1 amide bonds. The average molecular weight is 441 g/mol. The number of amides is 1. The Morgan fingerprint density at radius 2 is 2.03 bits per heavy atom. The number of nitrogens with zero attached hydrogens (tertiary/aromatic N) is 5. The molecule has 3 heterocycles. The predicted molar refractivity (Wildman–Crippen MR) is 120 cm³/mol. The first-order valence-electron chi connectivity index (χ1n) is 10.6. The van der Waals surface area contributed by atoms with E-state index in [2.05, 4.69) is 44.0 Å². The maximum Gasteiger partial charge on any atom is 0.230 e. The summed E-state index contributed by atoms with van der Waals surface area (Å²) in [6.07, 6.45) is 4.91. The highest BCUT2D eigenvalue weighted by molar-refractivity contribution is 7.99. The SMILES string of the molecule is CC1CCCCN1CCCNC(=O)CSc1nc(Cl)cc(N2CCN(C)CC2)n1. The molecule has 2 aliphatic rings. The lowest BCUT2D eigenvalue weighted by atomic mass is 10.0. The molecule has 1 aromatic heterocycles. The summed E-state index contributed by atoms with van der Waals surface area (Å²) in [4.78, 5) is 28.1. The molecule has 1 unspecified atom stereocenters. The zero-order valence-electron chi connectivity index (χ0n) is 17.6. The van der Waals surface area contributed by atoms with Crippen molar-refractivity contribution in [2.24, 2.45) is 0 Å². The number of nitrogens with one attached hydrogen (secondary N) is 1. The van der Waals surface area contributed by atoms with Gasteiger partial charge in [0.15, 0.2) is 5.16 Å². The lowest BCUT2D eigenvalue weighted by Gasteiger charge is -2.33. The Hall–Kier alpha value is -1.09. The minimum atomic E-state index is 0.0198. The molecule has 2 aliphatic heterocycles. The van der Waals surface area contributed by atoms with Crippen molar-refractivity contribution in [1.82, 2.24) is 25.1 Å². The highest BCUT2D eigenvalue weighted by atomic mass is 35.5. The van der Waals surface area contributed by atoms with E-state index in [4.69, 9.17) is 11.6 Å². The van der Waals surface area contributed by atoms with E-state index in [-0.39, 0.29) is 5.91 Å². The Balaban J connectivity index is 1.39. The van der Waals surface area contributed by atoms with Crippen molar-refractivity contribution in [2.45, 2.75) is 43.8 Å². The van der Waals surface area contributed by atoms with Crippen LogP contribution in [0.25, 0.3) is 0 Å². The van der Waals surface area contributed by atoms with Crippen LogP contribution in [0.4, 0.5) is 5.82 Å². The van der Waals surface area contributed by atoms with Crippen LogP contribution in [0.3, 0.4) is 0 Å². The van der Waals surface area contributed by atoms with Gasteiger partial charge < -0.3 is 20.0 Å². The van der Waals surface area contributed by atoms with Crippen molar-refractivity contribution in [2.75, 3.05) is 63.5 Å². The van der Waals surface area contributed by atoms with Crippen LogP contribution in [-0.2, 0) is 4.79 Å². The number of piperazine rings is 1. The van der Waals surface area contributed by atoms with Crippen LogP contribution in [0.15, 0.2) is 11.2 Å². The summed E-state index contributed by atoms with van der Waals surface area (Å²) in [6.45, 7) is 9.11. The number of hydrogen-bond donors (Lipinski definition) is 1. The average Bonchev–Trinajstić information content (AvgIpc) is 2.71. The van der Waals surface area contributed by atoms with Gasteiger partial charge in [-0.05, 0) is 39.8 Å². The van der Waals surface area contributed by atoms with Crippen molar-refractivity contribution >= 4 is 35.1 Å². The van der Waals surface area contributed by atoms with E-state index in [1.54, 1.807) is 6.07 Å². The summed E-state index contributed by atoms with van der Waals surface area (Å²) >= 11 is 7.54. The molecule has 0 spiro atoms. The van der Waals surface area contributed by atoms with Crippen molar-refractivity contribution < 1.29 is 4.79 Å². The number of piperidine rings is 1. The molecule has 0 aliphatic carbocycles. The summed E-state index contributed by atoms with van der Waals surface area (Å²) in [5.74, 6) is 1.17. The third kappa shape index (κ3) is 7.27. The second kappa shape index (κ2) is 11.3. The maximum absolute atomic E-state index is 12.2. The molecular weight excluding hydrogens is 408 g/mol. The fourth-order valence-electron chi connectivity index (χ4n) is 3.83. The number of carbonyl (C=O) groups excluding carboxylic acids is 1. The fourth-order valence-corrected chi connectivity index (χ4v) is 4.74. The van der Waals surface area contributed by atoms with Gasteiger partial charge in [-0.2, -0.15) is 0 Å². The van der Waals surface area contributed by atoms with E-state index in [9.17, 15) is 4.79 Å². The first kappa shape index (κ1) is 22.6. The summed E-state index contributed by atoms with van der Waals surface area (Å²) in [5.41, 5.74) is 0. The highest BCUT2D eigenvalue weighted by Crippen LogP contribution is 2.22. The van der Waals surface area contributed by atoms with Gasteiger partial charge in [-0.25, -0.2) is 9.97 Å². The number of rotatable bonds is 8. The summed E-state index contributed by atoms with van der Waals surface area (Å²) in [6, 6.07) is 2.47. The number of thioether (sulfide) groups is 1. The second-order valence-corrected chi connectivity index (χ2v) is 9.32. The van der Waals surface area contributed by atoms with Gasteiger partial charge in [-0.3, -0.25) is 4.79 Å². The number of hydrogen-bond acceptors (Lipinski definition) is 7. The molecule has 1 aromatic rings. The zero-order valence-corrected chi connectivity index (χ0v) is 19.1. The Labute approximate surface area is 183 Å². The van der Waals surface area contributed by atoms with E-state index >= 15 is 0 Å². The monoisotopic (exact) mass is 440 g/mol. The first-order valence-corrected chi connectivity index (χ1v) is 12.0. The molecule has 1 atom stereocenters. The van der Waals surface area contributed by atoms with Crippen LogP contribution in [0.1, 0.15) is 32.6 Å². The molecule has 2 saturated heterocycles. The lowest BCUT2D eigenvalue weighted by Crippen LogP contribution is -2.44. The predicted octanol–water partition coefficient (Wildman–Crippen LogP) is 2.35. The molecule has 0 aromatic carbocycles. The van der Waals surface area contributed by atoms with E-state index in [1.165, 1.54) is 37.6 Å². The second-order valence-electron chi connectivity index (χ2n) is 7.99. The van der Waals surface area contributed by atoms with Gasteiger partial charge in [0, 0.05) is 51.4 Å². The molecular formula is C20H33ClN6OS. The van der Waals surface area contributed by atoms with Crippen LogP contribution in [0.5, 0.6) is 0 Å². The van der Waals surface area contributed by atoms with Gasteiger partial charge in [-0.1, -0.05) is 29.8 Å². The number of aromatic nitrogens is 2. The third-order valence-corrected chi connectivity index (χ3v) is 6.75. The largest absolute Gasteiger partial charge is 0.355 e. The minimum Gasteiger partial charge on any atom is -0.355 e. The Kier molecular flexibility index (Phi) is 8.84. The normalized spacial score (nSPS) is 21.3. The number of anilines is 1. The van der Waals surface area contributed by atoms with Crippen LogP contribution in [0.2, 0.25) is 5.15 Å². The van der Waals surface area contributed by atoms with Crippen molar-refractivity contribution in [3.05, 3.63) is 11.2 Å². The maximum atomic E-state index is 12.2. The van der Waals surface area contributed by atoms with Gasteiger partial charge in [0.2, 0.25) is 5.91 Å². The van der Waals surface area contributed by atoms with Crippen LogP contribution >= 0.6 is 23.4 Å². The molecule has 29 heavy (non-hydrogen) atoms. The Morgan fingerprint density at radius 1 is 1.24 bits per heavy atom. The van der Waals surface area contributed by atoms with E-state index in [0.717, 1.165) is 45.0 Å². The number of likely N-dealkylation sites (tertiary alicyclic amines) is 1. The van der Waals surface area contributed by atoms with Gasteiger partial charge in [0.05, 0.1) is 5.75 Å². The molecule has 3 rings (SSSR count). The first-order chi connectivity index (χ1) is 14.0. The molecule has 2 fully saturated rings. The molecule has 0 saturated carbocycles. The van der Waals surface area contributed by atoms with Crippen molar-refractivity contribution in [1.29, 1.82) is 0 Å². The van der Waals surface area contributed by atoms with E-state index in [1.807, 2.05) is 0 Å². The Bertz CT molecular complexity index is 670. The molecule has 1 N–H and O–H groups in total. The topological polar surface area (TPSA) is 64.6 Å². The molecule has 0 bridgehead atoms. The van der Waals surface area contributed by atoms with Gasteiger partial charge in [-0.15, -0.1) is 0 Å².